The number of ether oxygens (including phenoxy) is 8. The zero-order valence-corrected chi connectivity index (χ0v) is 31.9. The lowest BCUT2D eigenvalue weighted by atomic mass is 9.95. The van der Waals surface area contributed by atoms with Gasteiger partial charge in [-0.1, -0.05) is 0 Å². The number of aliphatic hydroxyl groups is 16. The quantitative estimate of drug-likeness (QED) is 0.0423. The van der Waals surface area contributed by atoms with E-state index in [1.807, 2.05) is 0 Å². The van der Waals surface area contributed by atoms with Gasteiger partial charge in [0.2, 0.25) is 0 Å². The van der Waals surface area contributed by atoms with Crippen LogP contribution in [0, 0.1) is 0 Å². The molecule has 0 spiro atoms. The van der Waals surface area contributed by atoms with Crippen molar-refractivity contribution >= 4 is 14.1 Å². The zero-order valence-electron chi connectivity index (χ0n) is 31.0. The van der Waals surface area contributed by atoms with Crippen LogP contribution in [0.25, 0.3) is 0 Å². The maximum atomic E-state index is 11.8. The third kappa shape index (κ3) is 11.7. The van der Waals surface area contributed by atoms with Crippen molar-refractivity contribution in [2.45, 2.75) is 147 Å². The summed E-state index contributed by atoms with van der Waals surface area (Å²) in [7, 11) is -5.15. The van der Waals surface area contributed by atoms with Crippen LogP contribution in [-0.2, 0) is 51.8 Å². The number of carbonyl (C=O) groups is 1. The summed E-state index contributed by atoms with van der Waals surface area (Å²) in [6, 6.07) is 0. The van der Waals surface area contributed by atoms with E-state index in [0.29, 0.717) is 0 Å². The normalized spacial score (nSPS) is 45.1. The first-order valence-electron chi connectivity index (χ1n) is 18.1. The Hall–Kier alpha value is -1.18. The van der Waals surface area contributed by atoms with E-state index in [-0.39, 0.29) is 6.29 Å². The average molecular weight is 909 g/mol. The van der Waals surface area contributed by atoms with E-state index in [0.717, 1.165) is 0 Å². The van der Waals surface area contributed by atoms with Crippen molar-refractivity contribution in [3.05, 3.63) is 0 Å². The Balaban J connectivity index is 1.54. The summed E-state index contributed by atoms with van der Waals surface area (Å²) in [6.07, 6.45) is -49.2. The van der Waals surface area contributed by atoms with Crippen molar-refractivity contribution in [2.75, 3.05) is 33.0 Å². The van der Waals surface area contributed by atoms with Gasteiger partial charge >= 0.3 is 7.82 Å². The van der Waals surface area contributed by atoms with Gasteiger partial charge in [0, 0.05) is 0 Å². The Kier molecular flexibility index (Phi) is 19.0. The molecule has 4 aliphatic heterocycles. The lowest BCUT2D eigenvalue weighted by Gasteiger charge is -2.49. The lowest BCUT2D eigenvalue weighted by molar-refractivity contribution is -0.391. The Labute approximate surface area is 337 Å². The number of rotatable bonds is 19. The second-order valence-electron chi connectivity index (χ2n) is 14.2. The summed E-state index contributed by atoms with van der Waals surface area (Å²) >= 11 is 0. The summed E-state index contributed by atoms with van der Waals surface area (Å²) < 4.78 is 58.9. The number of carbonyl (C=O) groups excluding carboxylic acids is 1. The minimum atomic E-state index is -5.15. The minimum absolute atomic E-state index is 0.0797. The second kappa shape index (κ2) is 22.1. The van der Waals surface area contributed by atoms with E-state index < -0.39 is 188 Å². The summed E-state index contributed by atoms with van der Waals surface area (Å²) in [5.41, 5.74) is 0. The Morgan fingerprint density at radius 1 is 0.517 bits per heavy atom. The van der Waals surface area contributed by atoms with Gasteiger partial charge in [0.15, 0.2) is 31.4 Å². The van der Waals surface area contributed by atoms with Crippen molar-refractivity contribution in [1.29, 1.82) is 0 Å². The summed E-state index contributed by atoms with van der Waals surface area (Å²) in [5.74, 6) is 0. The van der Waals surface area contributed by atoms with E-state index >= 15 is 0 Å². The average Bonchev–Trinajstić information content (AvgIpc) is 3.21. The van der Waals surface area contributed by atoms with Gasteiger partial charge in [-0.05, 0) is 0 Å². The molecule has 0 amide bonds. The lowest BCUT2D eigenvalue weighted by Crippen LogP contribution is -2.68. The zero-order chi connectivity index (χ0) is 45.0. The van der Waals surface area contributed by atoms with Gasteiger partial charge in [0.25, 0.3) is 0 Å². The maximum absolute atomic E-state index is 11.8. The number of aldehydes is 1. The topological polar surface area (TPSA) is 481 Å². The van der Waals surface area contributed by atoms with Crippen LogP contribution in [0.15, 0.2) is 0 Å². The highest BCUT2D eigenvalue weighted by molar-refractivity contribution is 7.46. The van der Waals surface area contributed by atoms with E-state index in [1.165, 1.54) is 0 Å². The molecule has 0 saturated carbocycles. The summed E-state index contributed by atoms with van der Waals surface area (Å²) in [6.45, 7) is -5.22. The van der Waals surface area contributed by atoms with E-state index in [2.05, 4.69) is 4.52 Å². The largest absolute Gasteiger partial charge is 0.469 e. The van der Waals surface area contributed by atoms with Crippen molar-refractivity contribution in [3.63, 3.8) is 0 Å². The van der Waals surface area contributed by atoms with E-state index in [4.69, 9.17) is 52.8 Å². The molecule has 30 heteroatoms. The molecule has 0 aromatic rings. The molecule has 4 fully saturated rings. The molecule has 4 heterocycles. The van der Waals surface area contributed by atoms with Crippen LogP contribution in [0.2, 0.25) is 0 Å². The summed E-state index contributed by atoms with van der Waals surface area (Å²) in [5, 5.41) is 167. The molecule has 4 saturated heterocycles. The SMILES string of the molecule is O=C[C@@H](O[C@H]1O[C@H](CO)[C@@H](O)[C@H](O[C@H]2O[C@H](CO)[C@@H](O)[C@H](O[C@H]3O[C@H](CO)[C@@H](O)[C@H](O[C@H]4O[C@H](COP(=O)(O)O)[C@@H](O)[C@H](O)[C@@H]4O)[C@@H]3O)[C@@H]2O)[C@@H]1O)[C@@H](O)[C@H](O)[C@H](O)CO. The molecule has 0 unspecified atom stereocenters. The van der Waals surface area contributed by atoms with Crippen molar-refractivity contribution in [2.24, 2.45) is 0 Å². The van der Waals surface area contributed by atoms with Gasteiger partial charge in [-0.15, -0.1) is 0 Å². The van der Waals surface area contributed by atoms with E-state index in [1.54, 1.807) is 0 Å². The molecule has 0 aromatic heterocycles. The molecule has 29 nitrogen and oxygen atoms in total. The molecule has 0 aliphatic carbocycles. The monoisotopic (exact) mass is 908 g/mol. The van der Waals surface area contributed by atoms with Crippen LogP contribution < -0.4 is 0 Å². The third-order valence-electron chi connectivity index (χ3n) is 10.1. The van der Waals surface area contributed by atoms with Crippen LogP contribution in [-0.4, -0.2) is 278 Å². The second-order valence-corrected chi connectivity index (χ2v) is 15.4. The third-order valence-corrected chi connectivity index (χ3v) is 10.6. The predicted molar refractivity (Wildman–Crippen MR) is 179 cm³/mol. The Morgan fingerprint density at radius 3 is 1.28 bits per heavy atom. The Bertz CT molecular complexity index is 1360. The number of hydrogen-bond donors (Lipinski definition) is 18. The molecule has 24 atom stereocenters. The minimum Gasteiger partial charge on any atom is -0.394 e. The van der Waals surface area contributed by atoms with Crippen LogP contribution >= 0.6 is 7.82 Å². The highest BCUT2D eigenvalue weighted by atomic mass is 31.2. The molecule has 18 N–H and O–H groups in total. The molecule has 60 heavy (non-hydrogen) atoms. The predicted octanol–water partition coefficient (Wildman–Crippen LogP) is -12.0. The molecule has 0 aromatic carbocycles. The van der Waals surface area contributed by atoms with Gasteiger partial charge in [0.1, 0.15) is 122 Å². The molecule has 4 rings (SSSR count). The van der Waals surface area contributed by atoms with Crippen molar-refractivity contribution in [3.8, 4) is 0 Å². The van der Waals surface area contributed by atoms with Crippen LogP contribution in [0.1, 0.15) is 0 Å². The highest BCUT2D eigenvalue weighted by Crippen LogP contribution is 2.38. The van der Waals surface area contributed by atoms with E-state index in [9.17, 15) is 86.0 Å². The molecule has 352 valence electrons. The first-order valence-corrected chi connectivity index (χ1v) is 19.7. The fraction of sp³-hybridized carbons (Fsp3) is 0.967. The maximum Gasteiger partial charge on any atom is 0.469 e. The first kappa shape index (κ1) is 51.5. The van der Waals surface area contributed by atoms with Crippen molar-refractivity contribution < 1.29 is 143 Å². The first-order chi connectivity index (χ1) is 28.1. The van der Waals surface area contributed by atoms with Gasteiger partial charge in [-0.2, -0.15) is 0 Å². The summed E-state index contributed by atoms with van der Waals surface area (Å²) in [4.78, 5) is 29.8. The number of phosphoric acid groups is 1. The van der Waals surface area contributed by atoms with Crippen LogP contribution in [0.4, 0.5) is 0 Å². The fourth-order valence-electron chi connectivity index (χ4n) is 6.66. The van der Waals surface area contributed by atoms with Crippen LogP contribution in [0.3, 0.4) is 0 Å². The smallest absolute Gasteiger partial charge is 0.394 e. The van der Waals surface area contributed by atoms with Gasteiger partial charge in [-0.25, -0.2) is 4.57 Å². The van der Waals surface area contributed by atoms with Gasteiger partial charge < -0.3 is 134 Å². The number of aliphatic hydroxyl groups excluding tert-OH is 16. The van der Waals surface area contributed by atoms with Gasteiger partial charge in [-0.3, -0.25) is 4.52 Å². The fourth-order valence-corrected chi connectivity index (χ4v) is 7.00. The van der Waals surface area contributed by atoms with Crippen molar-refractivity contribution in [1.82, 2.24) is 0 Å². The Morgan fingerprint density at radius 2 is 0.900 bits per heavy atom. The standard InChI is InChI=1S/C30H53O29P/c31-1-7(36)13(37)14(38)8(2-32)52-28-21(45)24(16(40)9(3-33)53-28)58-30-23(47)26(18(42)11(5-35)55-30)59-29-22(46)25(17(41)10(4-34)54-29)57-27-20(44)19(43)15(39)12(56-27)6-51-60(48,49)50/h2,7-31,33-47H,1,3-6H2,(H2,48,49,50)/t7-,8-,9-,10-,11-,12-,13-,14-,15-,16-,17-,18-,19+,20+,21+,22+,23+,24+,25+,26+,27-,28+,29-,30-/m1/s1. The molecular weight excluding hydrogens is 855 g/mol. The molecule has 0 radical (unpaired) electrons. The number of hydrogen-bond acceptors (Lipinski definition) is 27. The number of phosphoric ester groups is 1. The van der Waals surface area contributed by atoms with Gasteiger partial charge in [0.05, 0.1) is 33.0 Å². The molecule has 4 aliphatic rings. The molecular formula is C30H53O29P. The highest BCUT2D eigenvalue weighted by Gasteiger charge is 2.56. The van der Waals surface area contributed by atoms with Crippen LogP contribution in [0.5, 0.6) is 0 Å². The molecule has 0 bridgehead atoms.